The van der Waals surface area contributed by atoms with Gasteiger partial charge in [0.15, 0.2) is 17.5 Å². The van der Waals surface area contributed by atoms with Crippen molar-refractivity contribution in [2.45, 2.75) is 69.9 Å². The smallest absolute Gasteiger partial charge is 0.221 e. The number of fused-ring (bicyclic) bond motifs is 2. The van der Waals surface area contributed by atoms with Crippen molar-refractivity contribution in [3.8, 4) is 0 Å². The van der Waals surface area contributed by atoms with Crippen molar-refractivity contribution >= 4 is 5.78 Å². The number of epoxide rings is 2. The number of Topliss-reactive ketones (excluding diaryl/α,β-unsaturated/α-hetero) is 1. The van der Waals surface area contributed by atoms with Gasteiger partial charge in [-0.2, -0.15) is 0 Å². The Hall–Kier alpha value is -0.790. The number of carbonyl (C=O) groups is 1. The van der Waals surface area contributed by atoms with Gasteiger partial charge in [0.25, 0.3) is 0 Å². The first-order valence-electron chi connectivity index (χ1n) is 8.10. The van der Waals surface area contributed by atoms with Crippen LogP contribution < -0.4 is 0 Å². The lowest BCUT2D eigenvalue weighted by molar-refractivity contribution is -0.297. The molecule has 3 heterocycles. The van der Waals surface area contributed by atoms with Crippen LogP contribution in [0, 0.1) is 5.41 Å². The zero-order valence-corrected chi connectivity index (χ0v) is 14.2. The van der Waals surface area contributed by atoms with Crippen molar-refractivity contribution in [2.75, 3.05) is 13.2 Å². The molecule has 0 amide bonds. The topological polar surface area (TPSA) is 80.8 Å². The van der Waals surface area contributed by atoms with E-state index in [1.807, 2.05) is 6.92 Å². The number of rotatable bonds is 2. The lowest BCUT2D eigenvalue weighted by Crippen LogP contribution is -2.58. The van der Waals surface area contributed by atoms with E-state index >= 15 is 0 Å². The van der Waals surface area contributed by atoms with Crippen LogP contribution in [0.5, 0.6) is 0 Å². The minimum atomic E-state index is -1.05. The van der Waals surface area contributed by atoms with Crippen molar-refractivity contribution < 1.29 is 28.8 Å². The molecule has 0 aromatic carbocycles. The molecule has 4 rings (SSSR count). The van der Waals surface area contributed by atoms with Gasteiger partial charge in [-0.25, -0.2) is 0 Å². The van der Waals surface area contributed by atoms with Crippen molar-refractivity contribution in [3.63, 3.8) is 0 Å². The fourth-order valence-electron chi connectivity index (χ4n) is 3.52. The SMILES string of the molecule is CC1(C)COC2(C=C([C@H]3O[C@@H]3C(C)(C)O)C(=O)[C@H]3O[C@]32C)OC1. The van der Waals surface area contributed by atoms with E-state index in [-0.39, 0.29) is 11.2 Å². The van der Waals surface area contributed by atoms with E-state index in [0.29, 0.717) is 18.8 Å². The molecule has 6 heteroatoms. The lowest BCUT2D eigenvalue weighted by Gasteiger charge is -2.45. The summed E-state index contributed by atoms with van der Waals surface area (Å²) in [5.41, 5.74) is -1.35. The third-order valence-electron chi connectivity index (χ3n) is 5.21. The minimum absolute atomic E-state index is 0.0762. The van der Waals surface area contributed by atoms with Gasteiger partial charge in [0, 0.05) is 11.0 Å². The Morgan fingerprint density at radius 2 is 1.83 bits per heavy atom. The number of carbonyl (C=O) groups excluding carboxylic acids is 1. The minimum Gasteiger partial charge on any atom is -0.388 e. The third-order valence-corrected chi connectivity index (χ3v) is 5.21. The Kier molecular flexibility index (Phi) is 2.90. The highest BCUT2D eigenvalue weighted by Crippen LogP contribution is 2.57. The maximum atomic E-state index is 12.6. The van der Waals surface area contributed by atoms with Gasteiger partial charge in [0.05, 0.1) is 18.8 Å². The molecule has 0 bridgehead atoms. The van der Waals surface area contributed by atoms with Crippen LogP contribution in [0.2, 0.25) is 0 Å². The zero-order valence-electron chi connectivity index (χ0n) is 14.2. The van der Waals surface area contributed by atoms with Crippen LogP contribution in [0.3, 0.4) is 0 Å². The molecule has 1 spiro atoms. The Balaban J connectivity index is 1.66. The highest BCUT2D eigenvalue weighted by atomic mass is 16.8. The van der Waals surface area contributed by atoms with Crippen LogP contribution in [0.25, 0.3) is 0 Å². The molecule has 6 nitrogen and oxygen atoms in total. The summed E-state index contributed by atoms with van der Waals surface area (Å²) in [7, 11) is 0. The molecular weight excluding hydrogens is 300 g/mol. The number of hydrogen-bond donors (Lipinski definition) is 1. The van der Waals surface area contributed by atoms with Gasteiger partial charge in [-0.1, -0.05) is 13.8 Å². The van der Waals surface area contributed by atoms with Gasteiger partial charge >= 0.3 is 0 Å². The fraction of sp³-hybridized carbons (Fsp3) is 0.824. The van der Waals surface area contributed by atoms with Gasteiger partial charge in [-0.05, 0) is 26.8 Å². The highest BCUT2D eigenvalue weighted by molar-refractivity contribution is 6.04. The Morgan fingerprint density at radius 3 is 2.35 bits per heavy atom. The summed E-state index contributed by atoms with van der Waals surface area (Å²) in [6.45, 7) is 10.4. The average Bonchev–Trinajstić information content (AvgIpc) is 3.30. The molecule has 1 N–H and O–H groups in total. The molecule has 3 saturated heterocycles. The average molecular weight is 324 g/mol. The first-order valence-corrected chi connectivity index (χ1v) is 8.10. The summed E-state index contributed by atoms with van der Waals surface area (Å²) < 4.78 is 23.4. The molecule has 23 heavy (non-hydrogen) atoms. The summed E-state index contributed by atoms with van der Waals surface area (Å²) in [4.78, 5) is 12.6. The van der Waals surface area contributed by atoms with Crippen molar-refractivity contribution in [1.82, 2.24) is 0 Å². The predicted molar refractivity (Wildman–Crippen MR) is 79.7 cm³/mol. The van der Waals surface area contributed by atoms with E-state index < -0.39 is 35.3 Å². The van der Waals surface area contributed by atoms with E-state index in [4.69, 9.17) is 18.9 Å². The first-order chi connectivity index (χ1) is 10.5. The Labute approximate surface area is 135 Å². The molecule has 4 aliphatic rings. The fourth-order valence-corrected chi connectivity index (χ4v) is 3.52. The van der Waals surface area contributed by atoms with E-state index in [2.05, 4.69) is 13.8 Å². The molecule has 1 aliphatic carbocycles. The van der Waals surface area contributed by atoms with Crippen molar-refractivity contribution in [1.29, 1.82) is 0 Å². The highest BCUT2D eigenvalue weighted by Gasteiger charge is 2.75. The van der Waals surface area contributed by atoms with Gasteiger partial charge in [-0.3, -0.25) is 4.79 Å². The second-order valence-corrected chi connectivity index (χ2v) is 8.61. The van der Waals surface area contributed by atoms with Gasteiger partial charge in [0.1, 0.15) is 12.2 Å². The third kappa shape index (κ3) is 2.16. The van der Waals surface area contributed by atoms with E-state index in [9.17, 15) is 9.90 Å². The molecule has 0 aromatic rings. The summed E-state index contributed by atoms with van der Waals surface area (Å²) in [6.07, 6.45) is 0.355. The Morgan fingerprint density at radius 1 is 1.22 bits per heavy atom. The number of hydrogen-bond acceptors (Lipinski definition) is 6. The van der Waals surface area contributed by atoms with E-state index in [0.717, 1.165) is 0 Å². The monoisotopic (exact) mass is 324 g/mol. The molecule has 128 valence electrons. The molecule has 0 saturated carbocycles. The maximum absolute atomic E-state index is 12.6. The normalized spacial score (nSPS) is 43.8. The second kappa shape index (κ2) is 4.24. The summed E-state index contributed by atoms with van der Waals surface area (Å²) >= 11 is 0. The predicted octanol–water partition coefficient (Wildman–Crippen LogP) is 0.961. The Bertz CT molecular complexity index is 591. The summed E-state index contributed by atoms with van der Waals surface area (Å²) in [6, 6.07) is 0. The van der Waals surface area contributed by atoms with Gasteiger partial charge in [0.2, 0.25) is 5.79 Å². The standard InChI is InChI=1S/C17H24O6/c1-14(2)7-20-17(21-8-14)6-9(10(18)12-16(17,5)23-12)11-13(22-11)15(3,4)19/h6,11-13,19H,7-8H2,1-5H3/t11-,12-,13+,16-/m1/s1. The van der Waals surface area contributed by atoms with Crippen LogP contribution >= 0.6 is 0 Å². The molecule has 4 atom stereocenters. The number of ketones is 1. The molecule has 3 fully saturated rings. The van der Waals surface area contributed by atoms with Gasteiger partial charge < -0.3 is 24.1 Å². The number of aliphatic hydroxyl groups is 1. The number of ether oxygens (including phenoxy) is 4. The molecule has 0 radical (unpaired) electrons. The first kappa shape index (κ1) is 15.7. The maximum Gasteiger partial charge on any atom is 0.221 e. The zero-order chi connectivity index (χ0) is 16.8. The van der Waals surface area contributed by atoms with Gasteiger partial charge in [-0.15, -0.1) is 0 Å². The van der Waals surface area contributed by atoms with E-state index in [1.54, 1.807) is 19.9 Å². The molecular formula is C17H24O6. The molecule has 0 unspecified atom stereocenters. The van der Waals surface area contributed by atoms with Crippen LogP contribution in [0.4, 0.5) is 0 Å². The van der Waals surface area contributed by atoms with E-state index in [1.165, 1.54) is 0 Å². The van der Waals surface area contributed by atoms with Crippen LogP contribution in [-0.4, -0.2) is 59.4 Å². The van der Waals surface area contributed by atoms with Crippen molar-refractivity contribution in [3.05, 3.63) is 11.6 Å². The van der Waals surface area contributed by atoms with Crippen LogP contribution in [-0.2, 0) is 23.7 Å². The second-order valence-electron chi connectivity index (χ2n) is 8.61. The van der Waals surface area contributed by atoms with Crippen LogP contribution in [0.1, 0.15) is 34.6 Å². The summed E-state index contributed by atoms with van der Waals surface area (Å²) in [5, 5.41) is 10.1. The van der Waals surface area contributed by atoms with Crippen LogP contribution in [0.15, 0.2) is 11.6 Å². The quantitative estimate of drug-likeness (QED) is 0.762. The van der Waals surface area contributed by atoms with Crippen molar-refractivity contribution in [2.24, 2.45) is 5.41 Å². The molecule has 0 aromatic heterocycles. The molecule has 3 aliphatic heterocycles. The lowest BCUT2D eigenvalue weighted by atomic mass is 9.80. The summed E-state index contributed by atoms with van der Waals surface area (Å²) in [5.74, 6) is -1.14. The largest absolute Gasteiger partial charge is 0.388 e.